The Labute approximate surface area is 93.1 Å². The van der Waals surface area contributed by atoms with Crippen molar-refractivity contribution in [1.29, 1.82) is 0 Å². The number of hydrogen-bond acceptors (Lipinski definition) is 6. The first-order valence-electron chi connectivity index (χ1n) is 4.38. The van der Waals surface area contributed by atoms with Crippen LogP contribution in [-0.4, -0.2) is 21.5 Å². The molecule has 0 bridgehead atoms. The Hall–Kier alpha value is -2.70. The number of carboxylic acid groups (broad SMARTS) is 1. The van der Waals surface area contributed by atoms with Gasteiger partial charge in [0.25, 0.3) is 5.95 Å². The molecule has 1 aromatic carbocycles. The van der Waals surface area contributed by atoms with Crippen molar-refractivity contribution in [3.8, 4) is 17.4 Å². The van der Waals surface area contributed by atoms with Gasteiger partial charge in [0.15, 0.2) is 5.43 Å². The van der Waals surface area contributed by atoms with E-state index in [4.69, 9.17) is 9.52 Å². The molecule has 0 fully saturated rings. The highest BCUT2D eigenvalue weighted by atomic mass is 16.7. The molecule has 7 nitrogen and oxygen atoms in total. The zero-order valence-corrected chi connectivity index (χ0v) is 8.21. The fourth-order valence-corrected chi connectivity index (χ4v) is 1.37. The lowest BCUT2D eigenvalue weighted by atomic mass is 10.2. The van der Waals surface area contributed by atoms with Crippen molar-refractivity contribution in [3.05, 3.63) is 28.4 Å². The average molecular weight is 238 g/mol. The van der Waals surface area contributed by atoms with Gasteiger partial charge < -0.3 is 24.5 Å². The van der Waals surface area contributed by atoms with Crippen LogP contribution in [0.5, 0.6) is 17.4 Å². The van der Waals surface area contributed by atoms with Gasteiger partial charge in [-0.1, -0.05) is 0 Å². The Morgan fingerprint density at radius 1 is 1.24 bits per heavy atom. The number of carbonyl (C=O) groups is 1. The smallest absolute Gasteiger partial charge is 0.508 e. The average Bonchev–Trinajstić information content (AvgIpc) is 2.13. The summed E-state index contributed by atoms with van der Waals surface area (Å²) in [6.45, 7) is 0. The highest BCUT2D eigenvalue weighted by Gasteiger charge is 2.13. The number of aromatic hydroxyl groups is 2. The summed E-state index contributed by atoms with van der Waals surface area (Å²) in [5, 5.41) is 26.8. The maximum atomic E-state index is 11.5. The number of fused-ring (bicyclic) bond motifs is 1. The van der Waals surface area contributed by atoms with Crippen LogP contribution in [0, 0.1) is 0 Å². The van der Waals surface area contributed by atoms with Crippen LogP contribution in [0.25, 0.3) is 11.0 Å². The van der Waals surface area contributed by atoms with E-state index in [9.17, 15) is 19.8 Å². The summed E-state index contributed by atoms with van der Waals surface area (Å²) < 4.78 is 9.06. The molecule has 0 saturated heterocycles. The molecule has 0 amide bonds. The summed E-state index contributed by atoms with van der Waals surface area (Å²) in [7, 11) is 0. The molecule has 0 unspecified atom stereocenters. The molecule has 3 N–H and O–H groups in total. The first kappa shape index (κ1) is 10.8. The van der Waals surface area contributed by atoms with Gasteiger partial charge in [-0.2, -0.15) is 0 Å². The largest absolute Gasteiger partial charge is 0.513 e. The van der Waals surface area contributed by atoms with E-state index in [0.717, 1.165) is 18.2 Å². The van der Waals surface area contributed by atoms with E-state index >= 15 is 0 Å². The summed E-state index contributed by atoms with van der Waals surface area (Å²) in [6.07, 6.45) is -1.64. The lowest BCUT2D eigenvalue weighted by Crippen LogP contribution is -2.07. The standard InChI is InChI=1S/C10H6O7/c11-4-1-5(12)9-6(13)3-8(17-10(14)15)16-7(9)2-4/h1-3,11-12H,(H,14,15). The number of phenolic OH excluding ortho intramolecular Hbond substituents is 2. The number of rotatable bonds is 1. The Morgan fingerprint density at radius 3 is 2.59 bits per heavy atom. The molecule has 0 saturated carbocycles. The van der Waals surface area contributed by atoms with E-state index in [-0.39, 0.29) is 16.7 Å². The van der Waals surface area contributed by atoms with E-state index in [1.165, 1.54) is 0 Å². The van der Waals surface area contributed by atoms with Crippen LogP contribution < -0.4 is 10.2 Å². The van der Waals surface area contributed by atoms with Crippen LogP contribution in [0.15, 0.2) is 27.4 Å². The van der Waals surface area contributed by atoms with Gasteiger partial charge >= 0.3 is 6.16 Å². The van der Waals surface area contributed by atoms with Gasteiger partial charge in [-0.15, -0.1) is 0 Å². The summed E-state index contributed by atoms with van der Waals surface area (Å²) in [5.74, 6) is -1.33. The molecule has 1 aromatic heterocycles. The van der Waals surface area contributed by atoms with Crippen LogP contribution in [-0.2, 0) is 0 Å². The molecule has 0 aliphatic carbocycles. The first-order chi connectivity index (χ1) is 7.97. The second-order valence-corrected chi connectivity index (χ2v) is 3.14. The molecule has 0 radical (unpaired) electrons. The minimum Gasteiger partial charge on any atom is -0.508 e. The van der Waals surface area contributed by atoms with Crippen LogP contribution in [0.2, 0.25) is 0 Å². The number of benzene rings is 1. The maximum Gasteiger partial charge on any atom is 0.513 e. The van der Waals surface area contributed by atoms with E-state index in [1.807, 2.05) is 0 Å². The van der Waals surface area contributed by atoms with E-state index in [2.05, 4.69) is 4.74 Å². The van der Waals surface area contributed by atoms with Crippen molar-refractivity contribution in [1.82, 2.24) is 0 Å². The van der Waals surface area contributed by atoms with Gasteiger partial charge in [0, 0.05) is 12.1 Å². The monoisotopic (exact) mass is 238 g/mol. The topological polar surface area (TPSA) is 117 Å². The first-order valence-corrected chi connectivity index (χ1v) is 4.38. The molecule has 1 heterocycles. The molecule has 0 atom stereocenters. The van der Waals surface area contributed by atoms with E-state index in [0.29, 0.717) is 0 Å². The lowest BCUT2D eigenvalue weighted by molar-refractivity contribution is 0.133. The number of phenols is 2. The highest BCUT2D eigenvalue weighted by molar-refractivity contribution is 5.84. The van der Waals surface area contributed by atoms with Crippen molar-refractivity contribution in [2.45, 2.75) is 0 Å². The summed E-state index contributed by atoms with van der Waals surface area (Å²) in [4.78, 5) is 21.8. The molecule has 2 rings (SSSR count). The van der Waals surface area contributed by atoms with Crippen molar-refractivity contribution in [3.63, 3.8) is 0 Å². The SMILES string of the molecule is O=C(O)Oc1cc(=O)c2c(O)cc(O)cc2o1. The Bertz CT molecular complexity index is 655. The third-order valence-corrected chi connectivity index (χ3v) is 1.96. The number of hydrogen-bond donors (Lipinski definition) is 3. The summed E-state index contributed by atoms with van der Waals surface area (Å²) in [5.41, 5.74) is -0.855. The molecular weight excluding hydrogens is 232 g/mol. The predicted molar refractivity (Wildman–Crippen MR) is 54.5 cm³/mol. The molecular formula is C10H6O7. The van der Waals surface area contributed by atoms with E-state index < -0.39 is 23.3 Å². The second-order valence-electron chi connectivity index (χ2n) is 3.14. The molecule has 88 valence electrons. The predicted octanol–water partition coefficient (Wildman–Crippen LogP) is 1.26. The van der Waals surface area contributed by atoms with Crippen molar-refractivity contribution in [2.24, 2.45) is 0 Å². The molecule has 0 aliphatic heterocycles. The van der Waals surface area contributed by atoms with Crippen molar-refractivity contribution in [2.75, 3.05) is 0 Å². The van der Waals surface area contributed by atoms with Gasteiger partial charge in [0.05, 0.1) is 6.07 Å². The second kappa shape index (κ2) is 3.71. The molecule has 17 heavy (non-hydrogen) atoms. The van der Waals surface area contributed by atoms with Crippen molar-refractivity contribution >= 4 is 17.1 Å². The fourth-order valence-electron chi connectivity index (χ4n) is 1.37. The number of ether oxygens (including phenoxy) is 1. The normalized spacial score (nSPS) is 10.4. The van der Waals surface area contributed by atoms with Gasteiger partial charge in [-0.3, -0.25) is 4.79 Å². The zero-order chi connectivity index (χ0) is 12.6. The third kappa shape index (κ3) is 1.98. The minimum atomic E-state index is -1.64. The van der Waals surface area contributed by atoms with Crippen LogP contribution >= 0.6 is 0 Å². The zero-order valence-electron chi connectivity index (χ0n) is 8.21. The Morgan fingerprint density at radius 2 is 1.94 bits per heavy atom. The maximum absolute atomic E-state index is 11.5. The summed E-state index contributed by atoms with van der Waals surface area (Å²) in [6, 6.07) is 2.81. The quantitative estimate of drug-likeness (QED) is 0.640. The highest BCUT2D eigenvalue weighted by Crippen LogP contribution is 2.29. The lowest BCUT2D eigenvalue weighted by Gasteiger charge is -2.03. The Kier molecular flexibility index (Phi) is 2.36. The third-order valence-electron chi connectivity index (χ3n) is 1.96. The molecule has 0 aliphatic rings. The van der Waals surface area contributed by atoms with Gasteiger partial charge in [0.2, 0.25) is 0 Å². The van der Waals surface area contributed by atoms with Crippen LogP contribution in [0.3, 0.4) is 0 Å². The van der Waals surface area contributed by atoms with Crippen molar-refractivity contribution < 1.29 is 29.3 Å². The van der Waals surface area contributed by atoms with Crippen LogP contribution in [0.4, 0.5) is 4.79 Å². The fraction of sp³-hybridized carbons (Fsp3) is 0. The molecule has 0 spiro atoms. The summed E-state index contributed by atoms with van der Waals surface area (Å²) >= 11 is 0. The Balaban J connectivity index is 2.73. The van der Waals surface area contributed by atoms with Gasteiger partial charge in [-0.25, -0.2) is 4.79 Å². The van der Waals surface area contributed by atoms with Crippen LogP contribution in [0.1, 0.15) is 0 Å². The van der Waals surface area contributed by atoms with E-state index in [1.54, 1.807) is 0 Å². The molecule has 2 aromatic rings. The van der Waals surface area contributed by atoms with Gasteiger partial charge in [0.1, 0.15) is 22.5 Å². The van der Waals surface area contributed by atoms with Gasteiger partial charge in [-0.05, 0) is 0 Å². The minimum absolute atomic E-state index is 0.166. The molecule has 7 heteroatoms.